The number of rotatable bonds is 3. The Balaban J connectivity index is 2.03. The maximum Gasteiger partial charge on any atom is 0.0955 e. The van der Waals surface area contributed by atoms with E-state index in [0.29, 0.717) is 0 Å². The van der Waals surface area contributed by atoms with Gasteiger partial charge in [-0.05, 0) is 30.3 Å². The van der Waals surface area contributed by atoms with Gasteiger partial charge in [0.15, 0.2) is 0 Å². The highest BCUT2D eigenvalue weighted by Crippen LogP contribution is 2.29. The second-order valence-corrected chi connectivity index (χ2v) is 4.56. The highest BCUT2D eigenvalue weighted by atomic mass is 16.3. The first-order chi connectivity index (χ1) is 9.25. The molecule has 3 aromatic rings. The third kappa shape index (κ3) is 2.12. The molecule has 0 unspecified atom stereocenters. The van der Waals surface area contributed by atoms with Crippen LogP contribution in [0.4, 0.5) is 11.4 Å². The van der Waals surface area contributed by atoms with Gasteiger partial charge in [-0.15, -0.1) is 0 Å². The van der Waals surface area contributed by atoms with Crippen LogP contribution in [0, 0.1) is 0 Å². The molecular formula is C15H15N3O. The predicted molar refractivity (Wildman–Crippen MR) is 77.0 cm³/mol. The quantitative estimate of drug-likeness (QED) is 0.729. The highest BCUT2D eigenvalue weighted by Gasteiger charge is 2.10. The van der Waals surface area contributed by atoms with E-state index in [1.165, 1.54) is 0 Å². The highest BCUT2D eigenvalue weighted by molar-refractivity contribution is 5.98. The lowest BCUT2D eigenvalue weighted by Gasteiger charge is -2.20. The Bertz CT molecular complexity index is 692. The molecule has 3 rings (SSSR count). The Morgan fingerprint density at radius 3 is 2.95 bits per heavy atom. The van der Waals surface area contributed by atoms with Crippen molar-refractivity contribution in [2.75, 3.05) is 17.7 Å². The normalized spacial score (nSPS) is 10.8. The number of pyridine rings is 1. The topological polar surface area (TPSA) is 55.3 Å². The molecule has 96 valence electrons. The Kier molecular flexibility index (Phi) is 2.83. The first kappa shape index (κ1) is 11.6. The second-order valence-electron chi connectivity index (χ2n) is 4.56. The van der Waals surface area contributed by atoms with Crippen molar-refractivity contribution in [3.63, 3.8) is 0 Å². The van der Waals surface area contributed by atoms with Crippen LogP contribution in [0.5, 0.6) is 0 Å². The number of hydrogen-bond acceptors (Lipinski definition) is 4. The number of fused-ring (bicyclic) bond motifs is 1. The number of nitrogens with two attached hydrogens (primary N) is 1. The molecule has 0 bridgehead atoms. The molecule has 4 nitrogen and oxygen atoms in total. The minimum Gasteiger partial charge on any atom is -0.472 e. The Labute approximate surface area is 111 Å². The minimum absolute atomic E-state index is 0.753. The summed E-state index contributed by atoms with van der Waals surface area (Å²) in [5, 5.41) is 0.985. The summed E-state index contributed by atoms with van der Waals surface area (Å²) in [5.74, 6) is 0. The van der Waals surface area contributed by atoms with Crippen LogP contribution in [0.15, 0.2) is 53.5 Å². The summed E-state index contributed by atoms with van der Waals surface area (Å²) >= 11 is 0. The van der Waals surface area contributed by atoms with Gasteiger partial charge in [-0.2, -0.15) is 0 Å². The molecule has 0 aliphatic heterocycles. The Morgan fingerprint density at radius 1 is 1.26 bits per heavy atom. The summed E-state index contributed by atoms with van der Waals surface area (Å²) in [6.45, 7) is 0.770. The molecule has 0 atom stereocenters. The van der Waals surface area contributed by atoms with Gasteiger partial charge in [-0.1, -0.05) is 0 Å². The fraction of sp³-hybridized carbons (Fsp3) is 0.133. The lowest BCUT2D eigenvalue weighted by atomic mass is 10.1. The van der Waals surface area contributed by atoms with Crippen molar-refractivity contribution >= 4 is 22.3 Å². The van der Waals surface area contributed by atoms with Crippen LogP contribution in [-0.2, 0) is 6.54 Å². The van der Waals surface area contributed by atoms with E-state index in [9.17, 15) is 0 Å². The van der Waals surface area contributed by atoms with E-state index in [1.54, 1.807) is 18.7 Å². The van der Waals surface area contributed by atoms with Crippen molar-refractivity contribution in [2.45, 2.75) is 6.54 Å². The van der Waals surface area contributed by atoms with Gasteiger partial charge in [-0.25, -0.2) is 0 Å². The molecule has 0 saturated heterocycles. The summed E-state index contributed by atoms with van der Waals surface area (Å²) in [7, 11) is 2.03. The van der Waals surface area contributed by atoms with Gasteiger partial charge >= 0.3 is 0 Å². The van der Waals surface area contributed by atoms with E-state index in [4.69, 9.17) is 10.2 Å². The molecule has 4 heteroatoms. The monoisotopic (exact) mass is 253 g/mol. The van der Waals surface area contributed by atoms with Crippen LogP contribution >= 0.6 is 0 Å². The number of anilines is 2. The molecule has 0 radical (unpaired) electrons. The summed E-state index contributed by atoms with van der Waals surface area (Å²) in [4.78, 5) is 6.59. The summed E-state index contributed by atoms with van der Waals surface area (Å²) in [6.07, 6.45) is 5.23. The number of benzene rings is 1. The average Bonchev–Trinajstić information content (AvgIpc) is 2.92. The molecule has 0 aliphatic carbocycles. The van der Waals surface area contributed by atoms with Crippen molar-refractivity contribution in [3.05, 3.63) is 54.6 Å². The van der Waals surface area contributed by atoms with Crippen LogP contribution < -0.4 is 10.6 Å². The molecule has 2 aromatic heterocycles. The lowest BCUT2D eigenvalue weighted by Crippen LogP contribution is -2.16. The molecule has 2 heterocycles. The Morgan fingerprint density at radius 2 is 2.16 bits per heavy atom. The minimum atomic E-state index is 0.753. The maximum absolute atomic E-state index is 5.99. The molecule has 2 N–H and O–H groups in total. The van der Waals surface area contributed by atoms with E-state index < -0.39 is 0 Å². The van der Waals surface area contributed by atoms with E-state index in [2.05, 4.69) is 9.88 Å². The third-order valence-electron chi connectivity index (χ3n) is 3.19. The number of nitrogens with zero attached hydrogens (tertiary/aromatic N) is 2. The second kappa shape index (κ2) is 4.65. The zero-order valence-electron chi connectivity index (χ0n) is 10.7. The third-order valence-corrected chi connectivity index (χ3v) is 3.19. The van der Waals surface area contributed by atoms with Crippen LogP contribution in [0.1, 0.15) is 5.56 Å². The van der Waals surface area contributed by atoms with Gasteiger partial charge in [0.1, 0.15) is 0 Å². The average molecular weight is 253 g/mol. The van der Waals surface area contributed by atoms with Crippen LogP contribution in [0.25, 0.3) is 10.9 Å². The summed E-state index contributed by atoms with van der Waals surface area (Å²) in [6, 6.07) is 9.78. The lowest BCUT2D eigenvalue weighted by molar-refractivity contribution is 0.563. The maximum atomic E-state index is 5.99. The number of hydrogen-bond donors (Lipinski definition) is 1. The predicted octanol–water partition coefficient (Wildman–Crippen LogP) is 3.05. The van der Waals surface area contributed by atoms with Gasteiger partial charge in [-0.3, -0.25) is 4.98 Å². The molecule has 0 aliphatic rings. The molecular weight excluding hydrogens is 238 g/mol. The SMILES string of the molecule is CN(Cc1ccoc1)c1ccc(N)c2cccnc12. The van der Waals surface area contributed by atoms with Gasteiger partial charge in [0.05, 0.1) is 23.7 Å². The zero-order valence-corrected chi connectivity index (χ0v) is 10.7. The fourth-order valence-electron chi connectivity index (χ4n) is 2.23. The molecule has 0 spiro atoms. The molecule has 0 amide bonds. The van der Waals surface area contributed by atoms with Crippen LogP contribution in [0.2, 0.25) is 0 Å². The molecule has 1 aromatic carbocycles. The van der Waals surface area contributed by atoms with Crippen LogP contribution in [0.3, 0.4) is 0 Å². The standard InChI is InChI=1S/C15H15N3O/c1-18(9-11-6-8-19-10-11)14-5-4-13(16)12-3-2-7-17-15(12)14/h2-8,10H,9,16H2,1H3. The van der Waals surface area contributed by atoms with Crippen molar-refractivity contribution < 1.29 is 4.42 Å². The molecule has 19 heavy (non-hydrogen) atoms. The van der Waals surface area contributed by atoms with E-state index in [1.807, 2.05) is 37.4 Å². The Hall–Kier alpha value is -2.49. The van der Waals surface area contributed by atoms with Gasteiger partial charge in [0.2, 0.25) is 0 Å². The summed E-state index contributed by atoms with van der Waals surface area (Å²) < 4.78 is 5.10. The van der Waals surface area contributed by atoms with Gasteiger partial charge in [0, 0.05) is 36.4 Å². The van der Waals surface area contributed by atoms with Gasteiger partial charge in [0.25, 0.3) is 0 Å². The largest absolute Gasteiger partial charge is 0.472 e. The van der Waals surface area contributed by atoms with Crippen molar-refractivity contribution in [1.29, 1.82) is 0 Å². The zero-order chi connectivity index (χ0) is 13.2. The first-order valence-corrected chi connectivity index (χ1v) is 6.11. The fourth-order valence-corrected chi connectivity index (χ4v) is 2.23. The summed E-state index contributed by atoms with van der Waals surface area (Å²) in [5.41, 5.74) is 9.85. The molecule has 0 saturated carbocycles. The van der Waals surface area contributed by atoms with E-state index >= 15 is 0 Å². The van der Waals surface area contributed by atoms with Crippen molar-refractivity contribution in [1.82, 2.24) is 4.98 Å². The first-order valence-electron chi connectivity index (χ1n) is 6.11. The van der Waals surface area contributed by atoms with Gasteiger partial charge < -0.3 is 15.1 Å². The van der Waals surface area contributed by atoms with E-state index in [0.717, 1.165) is 34.4 Å². The van der Waals surface area contributed by atoms with Crippen molar-refractivity contribution in [2.24, 2.45) is 0 Å². The van der Waals surface area contributed by atoms with Crippen LogP contribution in [-0.4, -0.2) is 12.0 Å². The van der Waals surface area contributed by atoms with E-state index in [-0.39, 0.29) is 0 Å². The number of nitrogen functional groups attached to an aromatic ring is 1. The number of furan rings is 1. The molecule has 0 fully saturated rings. The number of aromatic nitrogens is 1. The smallest absolute Gasteiger partial charge is 0.0955 e. The van der Waals surface area contributed by atoms with Crippen molar-refractivity contribution in [3.8, 4) is 0 Å².